The number of rotatable bonds is 6. The highest BCUT2D eigenvalue weighted by Crippen LogP contribution is 2.32. The zero-order chi connectivity index (χ0) is 18.0. The van der Waals surface area contributed by atoms with Crippen molar-refractivity contribution in [2.24, 2.45) is 5.92 Å². The van der Waals surface area contributed by atoms with Crippen molar-refractivity contribution < 1.29 is 13.2 Å². The molecule has 0 aromatic heterocycles. The molecule has 1 atom stereocenters. The first-order valence-corrected chi connectivity index (χ1v) is 10.5. The summed E-state index contributed by atoms with van der Waals surface area (Å²) in [7, 11) is -3.59. The lowest BCUT2D eigenvalue weighted by Gasteiger charge is -2.33. The van der Waals surface area contributed by atoms with Crippen LogP contribution in [-0.2, 0) is 14.8 Å². The number of hydrogen-bond donors (Lipinski definition) is 1. The minimum atomic E-state index is -3.59. The number of benzene rings is 1. The molecule has 2 aliphatic rings. The molecular formula is C17H24ClN3O3S. The van der Waals surface area contributed by atoms with Gasteiger partial charge in [-0.15, -0.1) is 0 Å². The monoisotopic (exact) mass is 385 g/mol. The lowest BCUT2D eigenvalue weighted by molar-refractivity contribution is -0.123. The van der Waals surface area contributed by atoms with Crippen LogP contribution in [0.4, 0.5) is 0 Å². The average molecular weight is 386 g/mol. The molecule has 2 fully saturated rings. The molecule has 1 heterocycles. The molecule has 0 bridgehead atoms. The van der Waals surface area contributed by atoms with Gasteiger partial charge >= 0.3 is 0 Å². The van der Waals surface area contributed by atoms with E-state index in [4.69, 9.17) is 11.6 Å². The Morgan fingerprint density at radius 2 is 1.88 bits per heavy atom. The van der Waals surface area contributed by atoms with Gasteiger partial charge in [0, 0.05) is 32.2 Å². The Morgan fingerprint density at radius 1 is 1.24 bits per heavy atom. The fourth-order valence-electron chi connectivity index (χ4n) is 3.14. The molecule has 25 heavy (non-hydrogen) atoms. The molecule has 1 saturated heterocycles. The lowest BCUT2D eigenvalue weighted by Crippen LogP contribution is -2.51. The highest BCUT2D eigenvalue weighted by molar-refractivity contribution is 7.89. The third-order valence-corrected chi connectivity index (χ3v) is 7.27. The van der Waals surface area contributed by atoms with Crippen LogP contribution in [0.15, 0.2) is 29.2 Å². The van der Waals surface area contributed by atoms with Crippen LogP contribution in [0.2, 0.25) is 5.02 Å². The van der Waals surface area contributed by atoms with Crippen LogP contribution < -0.4 is 5.32 Å². The number of hydrogen-bond acceptors (Lipinski definition) is 4. The Morgan fingerprint density at radius 3 is 2.48 bits per heavy atom. The van der Waals surface area contributed by atoms with Gasteiger partial charge in [-0.1, -0.05) is 23.7 Å². The smallest absolute Gasteiger partial charge is 0.244 e. The number of amides is 1. The summed E-state index contributed by atoms with van der Waals surface area (Å²) in [5.41, 5.74) is 0. The van der Waals surface area contributed by atoms with Gasteiger partial charge in [0.2, 0.25) is 15.9 Å². The van der Waals surface area contributed by atoms with Gasteiger partial charge in [0.25, 0.3) is 0 Å². The third kappa shape index (κ3) is 4.53. The Kier molecular flexibility index (Phi) is 5.68. The summed E-state index contributed by atoms with van der Waals surface area (Å²) in [5, 5.41) is 3.27. The normalized spacial score (nSPS) is 21.0. The van der Waals surface area contributed by atoms with E-state index in [9.17, 15) is 13.2 Å². The van der Waals surface area contributed by atoms with Gasteiger partial charge < -0.3 is 5.32 Å². The van der Waals surface area contributed by atoms with Crippen LogP contribution in [0, 0.1) is 5.92 Å². The Hall–Kier alpha value is -1.15. The second kappa shape index (κ2) is 7.61. The second-order valence-corrected chi connectivity index (χ2v) is 9.12. The maximum atomic E-state index is 12.7. The summed E-state index contributed by atoms with van der Waals surface area (Å²) in [6, 6.07) is 6.71. The number of halogens is 1. The zero-order valence-electron chi connectivity index (χ0n) is 14.3. The minimum Gasteiger partial charge on any atom is -0.352 e. The van der Waals surface area contributed by atoms with Gasteiger partial charge in [-0.05, 0) is 37.8 Å². The zero-order valence-corrected chi connectivity index (χ0v) is 15.9. The van der Waals surface area contributed by atoms with Crippen LogP contribution in [0.25, 0.3) is 0 Å². The molecule has 1 aromatic carbocycles. The molecule has 1 N–H and O–H groups in total. The fraction of sp³-hybridized carbons (Fsp3) is 0.588. The molecule has 1 saturated carbocycles. The Bertz CT molecular complexity index is 728. The summed E-state index contributed by atoms with van der Waals surface area (Å²) in [6.45, 7) is 4.16. The van der Waals surface area contributed by atoms with E-state index >= 15 is 0 Å². The first-order chi connectivity index (χ1) is 11.9. The van der Waals surface area contributed by atoms with Crippen LogP contribution in [-0.4, -0.2) is 62.3 Å². The summed E-state index contributed by atoms with van der Waals surface area (Å²) >= 11 is 6.04. The number of carbonyl (C=O) groups is 1. The number of piperazine rings is 1. The highest BCUT2D eigenvalue weighted by atomic mass is 35.5. The summed E-state index contributed by atoms with van der Waals surface area (Å²) in [5.74, 6) is 0.642. The molecule has 1 aliphatic heterocycles. The van der Waals surface area contributed by atoms with Crippen molar-refractivity contribution in [1.29, 1.82) is 0 Å². The first kappa shape index (κ1) is 18.6. The highest BCUT2D eigenvalue weighted by Gasteiger charge is 2.32. The van der Waals surface area contributed by atoms with Crippen LogP contribution in [0.1, 0.15) is 19.8 Å². The third-order valence-electron chi connectivity index (χ3n) is 4.87. The molecule has 1 aliphatic carbocycles. The van der Waals surface area contributed by atoms with Gasteiger partial charge in [0.05, 0.1) is 11.6 Å². The van der Waals surface area contributed by atoms with E-state index in [0.717, 1.165) is 0 Å². The molecule has 138 valence electrons. The molecule has 0 radical (unpaired) electrons. The summed E-state index contributed by atoms with van der Waals surface area (Å²) in [6.07, 6.45) is 2.39. The van der Waals surface area contributed by atoms with E-state index in [2.05, 4.69) is 5.32 Å². The molecule has 6 nitrogen and oxygen atoms in total. The van der Waals surface area contributed by atoms with Gasteiger partial charge in [0.15, 0.2) is 0 Å². The number of nitrogens with zero attached hydrogens (tertiary/aromatic N) is 2. The number of nitrogens with one attached hydrogen (secondary N) is 1. The average Bonchev–Trinajstić information content (AvgIpc) is 3.40. The Balaban J connectivity index is 1.53. The van der Waals surface area contributed by atoms with Gasteiger partial charge in [-0.3, -0.25) is 9.69 Å². The van der Waals surface area contributed by atoms with Crippen molar-refractivity contribution in [2.75, 3.05) is 32.7 Å². The SMILES string of the molecule is CC(NC(=O)CN1CCN(S(=O)(=O)c2ccccc2Cl)CC1)C1CC1. The van der Waals surface area contributed by atoms with Crippen molar-refractivity contribution in [3.63, 3.8) is 0 Å². The predicted octanol–water partition coefficient (Wildman–Crippen LogP) is 1.56. The van der Waals surface area contributed by atoms with E-state index in [1.54, 1.807) is 18.2 Å². The quantitative estimate of drug-likeness (QED) is 0.806. The maximum Gasteiger partial charge on any atom is 0.244 e. The van der Waals surface area contributed by atoms with Gasteiger partial charge in [-0.25, -0.2) is 8.42 Å². The molecule has 3 rings (SSSR count). The molecule has 8 heteroatoms. The minimum absolute atomic E-state index is 0.0156. The molecule has 1 unspecified atom stereocenters. The van der Waals surface area contributed by atoms with E-state index in [0.29, 0.717) is 38.6 Å². The topological polar surface area (TPSA) is 69.7 Å². The van der Waals surface area contributed by atoms with Crippen molar-refractivity contribution in [3.8, 4) is 0 Å². The number of carbonyl (C=O) groups excluding carboxylic acids is 1. The van der Waals surface area contributed by atoms with Crippen LogP contribution >= 0.6 is 11.6 Å². The standard InChI is InChI=1S/C17H24ClN3O3S/c1-13(14-6-7-14)19-17(22)12-20-8-10-21(11-9-20)25(23,24)16-5-3-2-4-15(16)18/h2-5,13-14H,6-12H2,1H3,(H,19,22). The lowest BCUT2D eigenvalue weighted by atomic mass is 10.2. The largest absolute Gasteiger partial charge is 0.352 e. The molecule has 1 amide bonds. The van der Waals surface area contributed by atoms with Crippen molar-refractivity contribution in [1.82, 2.24) is 14.5 Å². The van der Waals surface area contributed by atoms with Crippen molar-refractivity contribution in [2.45, 2.75) is 30.7 Å². The van der Waals surface area contributed by atoms with Crippen molar-refractivity contribution >= 4 is 27.5 Å². The maximum absolute atomic E-state index is 12.7. The van der Waals surface area contributed by atoms with E-state index < -0.39 is 10.0 Å². The summed E-state index contributed by atoms with van der Waals surface area (Å²) in [4.78, 5) is 14.2. The van der Waals surface area contributed by atoms with Crippen LogP contribution in [0.5, 0.6) is 0 Å². The van der Waals surface area contributed by atoms with Gasteiger partial charge in [0.1, 0.15) is 4.90 Å². The molecule has 1 aromatic rings. The number of sulfonamides is 1. The Labute approximate surface area is 154 Å². The van der Waals surface area contributed by atoms with Crippen molar-refractivity contribution in [3.05, 3.63) is 29.3 Å². The van der Waals surface area contributed by atoms with E-state index in [-0.39, 0.29) is 21.9 Å². The molecular weight excluding hydrogens is 362 g/mol. The summed E-state index contributed by atoms with van der Waals surface area (Å²) < 4.78 is 26.9. The van der Waals surface area contributed by atoms with Gasteiger partial charge in [-0.2, -0.15) is 4.31 Å². The predicted molar refractivity (Wildman–Crippen MR) is 97.0 cm³/mol. The fourth-order valence-corrected chi connectivity index (χ4v) is 5.05. The van der Waals surface area contributed by atoms with E-state index in [1.165, 1.54) is 23.2 Å². The molecule has 0 spiro atoms. The first-order valence-electron chi connectivity index (χ1n) is 8.64. The van der Waals surface area contributed by atoms with Crippen LogP contribution in [0.3, 0.4) is 0 Å². The second-order valence-electron chi connectivity index (χ2n) is 6.80. The van der Waals surface area contributed by atoms with E-state index in [1.807, 2.05) is 11.8 Å².